The van der Waals surface area contributed by atoms with Gasteiger partial charge in [0.15, 0.2) is 0 Å². The molecule has 0 atom stereocenters. The van der Waals surface area contributed by atoms with Gasteiger partial charge in [-0.15, -0.1) is 0 Å². The van der Waals surface area contributed by atoms with Crippen molar-refractivity contribution in [2.45, 2.75) is 12.8 Å². The summed E-state index contributed by atoms with van der Waals surface area (Å²) in [5.41, 5.74) is 5.69. The number of nitro groups is 1. The SMILES string of the molecule is NC(=O)c1ccc([N+](=O)[O-])cc1NCCN1CCC(C(=O)O)CC1. The van der Waals surface area contributed by atoms with Gasteiger partial charge in [-0.1, -0.05) is 0 Å². The molecule has 0 radical (unpaired) electrons. The number of anilines is 1. The van der Waals surface area contributed by atoms with Crippen molar-refractivity contribution in [2.24, 2.45) is 11.7 Å². The third kappa shape index (κ3) is 4.42. The lowest BCUT2D eigenvalue weighted by Gasteiger charge is -2.30. The average Bonchev–Trinajstić information content (AvgIpc) is 2.55. The number of nitrogens with zero attached hydrogens (tertiary/aromatic N) is 2. The number of carbonyl (C=O) groups excluding carboxylic acids is 1. The largest absolute Gasteiger partial charge is 0.481 e. The van der Waals surface area contributed by atoms with Gasteiger partial charge in [-0.2, -0.15) is 0 Å². The number of benzene rings is 1. The Labute approximate surface area is 138 Å². The zero-order valence-corrected chi connectivity index (χ0v) is 13.1. The van der Waals surface area contributed by atoms with Gasteiger partial charge in [-0.25, -0.2) is 0 Å². The molecule has 0 saturated carbocycles. The fourth-order valence-electron chi connectivity index (χ4n) is 2.76. The van der Waals surface area contributed by atoms with Gasteiger partial charge in [-0.3, -0.25) is 19.7 Å². The van der Waals surface area contributed by atoms with Crippen LogP contribution in [0.1, 0.15) is 23.2 Å². The van der Waals surface area contributed by atoms with Gasteiger partial charge < -0.3 is 21.1 Å². The molecule has 4 N–H and O–H groups in total. The predicted octanol–water partition coefficient (Wildman–Crippen LogP) is 0.902. The molecule has 9 nitrogen and oxygen atoms in total. The molecule has 1 aliphatic rings. The maximum absolute atomic E-state index is 11.4. The third-order valence-electron chi connectivity index (χ3n) is 4.16. The highest BCUT2D eigenvalue weighted by atomic mass is 16.6. The second kappa shape index (κ2) is 7.73. The van der Waals surface area contributed by atoms with Crippen molar-refractivity contribution in [3.05, 3.63) is 33.9 Å². The van der Waals surface area contributed by atoms with E-state index in [9.17, 15) is 19.7 Å². The van der Waals surface area contributed by atoms with Crippen LogP contribution < -0.4 is 11.1 Å². The van der Waals surface area contributed by atoms with E-state index in [0.717, 1.165) is 0 Å². The summed E-state index contributed by atoms with van der Waals surface area (Å²) in [7, 11) is 0. The molecule has 0 aromatic heterocycles. The number of hydrogen-bond donors (Lipinski definition) is 3. The van der Waals surface area contributed by atoms with Crippen molar-refractivity contribution in [1.82, 2.24) is 4.90 Å². The summed E-state index contributed by atoms with van der Waals surface area (Å²) in [5.74, 6) is -1.70. The second-order valence-corrected chi connectivity index (χ2v) is 5.73. The Morgan fingerprint density at radius 2 is 2.04 bits per heavy atom. The summed E-state index contributed by atoms with van der Waals surface area (Å²) in [5, 5.41) is 22.8. The smallest absolute Gasteiger partial charge is 0.306 e. The first kappa shape index (κ1) is 17.7. The maximum Gasteiger partial charge on any atom is 0.306 e. The Kier molecular flexibility index (Phi) is 5.69. The molecule has 0 aliphatic carbocycles. The lowest BCUT2D eigenvalue weighted by molar-refractivity contribution is -0.384. The molecule has 0 spiro atoms. The van der Waals surface area contributed by atoms with Crippen molar-refractivity contribution in [1.29, 1.82) is 0 Å². The van der Waals surface area contributed by atoms with Crippen LogP contribution in [0.25, 0.3) is 0 Å². The Bertz CT molecular complexity index is 641. The van der Waals surface area contributed by atoms with Crippen LogP contribution in [-0.4, -0.2) is 53.0 Å². The predicted molar refractivity (Wildman–Crippen MR) is 86.9 cm³/mol. The van der Waals surface area contributed by atoms with Crippen molar-refractivity contribution < 1.29 is 19.6 Å². The Morgan fingerprint density at radius 3 is 2.58 bits per heavy atom. The van der Waals surface area contributed by atoms with Crippen LogP contribution in [0.3, 0.4) is 0 Å². The van der Waals surface area contributed by atoms with Gasteiger partial charge in [0.1, 0.15) is 0 Å². The first-order valence-electron chi connectivity index (χ1n) is 7.65. The molecular weight excluding hydrogens is 316 g/mol. The summed E-state index contributed by atoms with van der Waals surface area (Å²) in [4.78, 5) is 34.8. The Hall–Kier alpha value is -2.68. The first-order chi connectivity index (χ1) is 11.4. The number of nitro benzene ring substituents is 1. The van der Waals surface area contributed by atoms with Gasteiger partial charge in [0.2, 0.25) is 0 Å². The van der Waals surface area contributed by atoms with E-state index in [-0.39, 0.29) is 17.2 Å². The van der Waals surface area contributed by atoms with Gasteiger partial charge in [-0.05, 0) is 32.0 Å². The van der Waals surface area contributed by atoms with E-state index in [2.05, 4.69) is 10.2 Å². The molecule has 1 aromatic carbocycles. The van der Waals surface area contributed by atoms with Crippen molar-refractivity contribution in [3.8, 4) is 0 Å². The molecule has 1 aromatic rings. The van der Waals surface area contributed by atoms with Crippen LogP contribution in [0.5, 0.6) is 0 Å². The molecule has 1 heterocycles. The fourth-order valence-corrected chi connectivity index (χ4v) is 2.76. The van der Waals surface area contributed by atoms with E-state index in [0.29, 0.717) is 44.7 Å². The number of carboxylic acids is 1. The number of primary amides is 1. The van der Waals surface area contributed by atoms with Crippen molar-refractivity contribution in [3.63, 3.8) is 0 Å². The standard InChI is InChI=1S/C15H20N4O5/c16-14(20)12-2-1-11(19(23)24)9-13(12)17-5-8-18-6-3-10(4-7-18)15(21)22/h1-2,9-10,17H,3-8H2,(H2,16,20)(H,21,22). The number of nitrogens with two attached hydrogens (primary N) is 1. The summed E-state index contributed by atoms with van der Waals surface area (Å²) in [6, 6.07) is 3.86. The quantitative estimate of drug-likeness (QED) is 0.496. The molecule has 1 fully saturated rings. The van der Waals surface area contributed by atoms with Gasteiger partial charge in [0.25, 0.3) is 11.6 Å². The third-order valence-corrected chi connectivity index (χ3v) is 4.16. The number of piperidine rings is 1. The number of non-ortho nitro benzene ring substituents is 1. The number of carbonyl (C=O) groups is 2. The Balaban J connectivity index is 1.92. The molecule has 2 rings (SSSR count). The molecule has 130 valence electrons. The molecule has 1 saturated heterocycles. The minimum atomic E-state index is -0.754. The van der Waals surface area contributed by atoms with E-state index >= 15 is 0 Å². The summed E-state index contributed by atoms with van der Waals surface area (Å²) in [6.45, 7) is 2.50. The minimum Gasteiger partial charge on any atom is -0.481 e. The molecule has 1 aliphatic heterocycles. The van der Waals surface area contributed by atoms with Crippen LogP contribution in [0, 0.1) is 16.0 Å². The molecule has 1 amide bonds. The van der Waals surface area contributed by atoms with Crippen molar-refractivity contribution >= 4 is 23.3 Å². The molecule has 0 bridgehead atoms. The van der Waals surface area contributed by atoms with E-state index in [1.54, 1.807) is 0 Å². The molecule has 0 unspecified atom stereocenters. The summed E-state index contributed by atoms with van der Waals surface area (Å²) in [6.07, 6.45) is 1.22. The number of rotatable bonds is 7. The first-order valence-corrected chi connectivity index (χ1v) is 7.65. The van der Waals surface area contributed by atoms with E-state index in [1.807, 2.05) is 0 Å². The van der Waals surface area contributed by atoms with Crippen LogP contribution >= 0.6 is 0 Å². The van der Waals surface area contributed by atoms with Gasteiger partial charge >= 0.3 is 5.97 Å². The average molecular weight is 336 g/mol. The normalized spacial score (nSPS) is 15.8. The van der Waals surface area contributed by atoms with Crippen LogP contribution in [0.4, 0.5) is 11.4 Å². The van der Waals surface area contributed by atoms with E-state index < -0.39 is 16.8 Å². The number of likely N-dealkylation sites (tertiary alicyclic amines) is 1. The number of nitrogens with one attached hydrogen (secondary N) is 1. The molecular formula is C15H20N4O5. The lowest BCUT2D eigenvalue weighted by atomic mass is 9.97. The monoisotopic (exact) mass is 336 g/mol. The topological polar surface area (TPSA) is 139 Å². The highest BCUT2D eigenvalue weighted by molar-refractivity contribution is 5.98. The highest BCUT2D eigenvalue weighted by Crippen LogP contribution is 2.22. The Morgan fingerprint density at radius 1 is 1.38 bits per heavy atom. The van der Waals surface area contributed by atoms with E-state index in [4.69, 9.17) is 10.8 Å². The molecule has 24 heavy (non-hydrogen) atoms. The zero-order valence-electron chi connectivity index (χ0n) is 13.1. The number of aliphatic carboxylic acids is 1. The van der Waals surface area contributed by atoms with Crippen LogP contribution in [0.2, 0.25) is 0 Å². The van der Waals surface area contributed by atoms with Crippen molar-refractivity contribution in [2.75, 3.05) is 31.5 Å². The van der Waals surface area contributed by atoms with E-state index in [1.165, 1.54) is 18.2 Å². The molecule has 9 heteroatoms. The maximum atomic E-state index is 11.4. The highest BCUT2D eigenvalue weighted by Gasteiger charge is 2.24. The van der Waals surface area contributed by atoms with Crippen LogP contribution in [0.15, 0.2) is 18.2 Å². The summed E-state index contributed by atoms with van der Waals surface area (Å²) < 4.78 is 0. The lowest BCUT2D eigenvalue weighted by Crippen LogP contribution is -2.38. The number of hydrogen-bond acceptors (Lipinski definition) is 6. The fraction of sp³-hybridized carbons (Fsp3) is 0.467. The van der Waals surface area contributed by atoms with Gasteiger partial charge in [0.05, 0.1) is 22.1 Å². The van der Waals surface area contributed by atoms with Gasteiger partial charge in [0, 0.05) is 25.2 Å². The zero-order chi connectivity index (χ0) is 17.7. The summed E-state index contributed by atoms with van der Waals surface area (Å²) >= 11 is 0. The number of amides is 1. The second-order valence-electron chi connectivity index (χ2n) is 5.73. The van der Waals surface area contributed by atoms with Crippen LogP contribution in [-0.2, 0) is 4.79 Å². The minimum absolute atomic E-state index is 0.121. The number of carboxylic acid groups (broad SMARTS) is 1.